The maximum absolute atomic E-state index is 12.2. The number of amides is 2. The van der Waals surface area contributed by atoms with Gasteiger partial charge in [-0.05, 0) is 30.9 Å². The lowest BCUT2D eigenvalue weighted by Gasteiger charge is -2.20. The summed E-state index contributed by atoms with van der Waals surface area (Å²) in [6.07, 6.45) is 5.26. The lowest BCUT2D eigenvalue weighted by atomic mass is 10.1. The van der Waals surface area contributed by atoms with Crippen molar-refractivity contribution in [1.29, 1.82) is 0 Å². The molecule has 1 fully saturated rings. The first-order valence-corrected chi connectivity index (χ1v) is 7.86. The number of anilines is 1. The van der Waals surface area contributed by atoms with Crippen molar-refractivity contribution in [2.75, 3.05) is 18.4 Å². The van der Waals surface area contributed by atoms with Crippen LogP contribution in [0.5, 0.6) is 0 Å². The highest BCUT2D eigenvalue weighted by molar-refractivity contribution is 6.03. The molecule has 1 aliphatic rings. The average molecular weight is 288 g/mol. The summed E-state index contributed by atoms with van der Waals surface area (Å²) >= 11 is 0. The monoisotopic (exact) mass is 288 g/mol. The Kier molecular flexibility index (Phi) is 5.78. The Labute approximate surface area is 126 Å². The van der Waals surface area contributed by atoms with Gasteiger partial charge in [0.15, 0.2) is 0 Å². The lowest BCUT2D eigenvalue weighted by molar-refractivity contribution is -0.134. The van der Waals surface area contributed by atoms with Crippen LogP contribution in [0.15, 0.2) is 24.3 Å². The summed E-state index contributed by atoms with van der Waals surface area (Å²) in [5.41, 5.74) is 1.90. The van der Waals surface area contributed by atoms with E-state index in [-0.39, 0.29) is 18.2 Å². The number of hydrogen-bond acceptors (Lipinski definition) is 2. The molecule has 114 valence electrons. The number of carbonyl (C=O) groups excluding carboxylic acids is 2. The second-order valence-corrected chi connectivity index (χ2v) is 5.53. The van der Waals surface area contributed by atoms with Gasteiger partial charge in [0.2, 0.25) is 11.8 Å². The van der Waals surface area contributed by atoms with Gasteiger partial charge in [-0.3, -0.25) is 9.59 Å². The van der Waals surface area contributed by atoms with Gasteiger partial charge < -0.3 is 10.2 Å². The molecule has 1 aliphatic heterocycles. The molecule has 1 saturated heterocycles. The second kappa shape index (κ2) is 7.81. The van der Waals surface area contributed by atoms with E-state index in [0.29, 0.717) is 0 Å². The van der Waals surface area contributed by atoms with Crippen LogP contribution in [-0.2, 0) is 16.0 Å². The largest absolute Gasteiger partial charge is 0.342 e. The van der Waals surface area contributed by atoms with E-state index < -0.39 is 0 Å². The summed E-state index contributed by atoms with van der Waals surface area (Å²) in [5.74, 6) is -0.270. The lowest BCUT2D eigenvalue weighted by Crippen LogP contribution is -2.34. The van der Waals surface area contributed by atoms with E-state index in [1.807, 2.05) is 36.1 Å². The Morgan fingerprint density at radius 3 is 2.43 bits per heavy atom. The van der Waals surface area contributed by atoms with Gasteiger partial charge in [0, 0.05) is 18.8 Å². The first-order chi connectivity index (χ1) is 10.2. The molecule has 0 aromatic heterocycles. The third-order valence-corrected chi connectivity index (χ3v) is 3.94. The number of hydrogen-bond donors (Lipinski definition) is 1. The predicted octanol–water partition coefficient (Wildman–Crippen LogP) is 2.98. The molecule has 0 spiro atoms. The van der Waals surface area contributed by atoms with Crippen molar-refractivity contribution < 1.29 is 9.59 Å². The summed E-state index contributed by atoms with van der Waals surface area (Å²) in [7, 11) is 0. The number of benzene rings is 1. The number of carbonyl (C=O) groups is 2. The molecule has 21 heavy (non-hydrogen) atoms. The summed E-state index contributed by atoms with van der Waals surface area (Å²) in [4.78, 5) is 26.1. The van der Waals surface area contributed by atoms with E-state index in [1.165, 1.54) is 12.8 Å². The topological polar surface area (TPSA) is 49.4 Å². The standard InChI is InChI=1S/C17H24N2O2/c1-2-14-9-5-6-10-15(14)18-16(20)13-17(21)19-11-7-3-4-8-12-19/h5-6,9-10H,2-4,7-8,11-13H2,1H3,(H,18,20). The average Bonchev–Trinajstić information content (AvgIpc) is 2.76. The summed E-state index contributed by atoms with van der Waals surface area (Å²) < 4.78 is 0. The molecule has 0 bridgehead atoms. The molecule has 4 nitrogen and oxygen atoms in total. The Balaban J connectivity index is 1.90. The molecule has 0 radical (unpaired) electrons. The fraction of sp³-hybridized carbons (Fsp3) is 0.529. The zero-order valence-electron chi connectivity index (χ0n) is 12.7. The number of nitrogens with zero attached hydrogens (tertiary/aromatic N) is 1. The van der Waals surface area contributed by atoms with Crippen LogP contribution in [0.4, 0.5) is 5.69 Å². The molecular weight excluding hydrogens is 264 g/mol. The van der Waals surface area contributed by atoms with Gasteiger partial charge >= 0.3 is 0 Å². The van der Waals surface area contributed by atoms with E-state index in [2.05, 4.69) is 5.32 Å². The van der Waals surface area contributed by atoms with Crippen molar-refractivity contribution in [1.82, 2.24) is 4.90 Å². The minimum Gasteiger partial charge on any atom is -0.342 e. The smallest absolute Gasteiger partial charge is 0.233 e. The molecule has 4 heteroatoms. The summed E-state index contributed by atoms with van der Waals surface area (Å²) in [6.45, 7) is 3.63. The van der Waals surface area contributed by atoms with Gasteiger partial charge in [0.1, 0.15) is 6.42 Å². The third-order valence-electron chi connectivity index (χ3n) is 3.94. The van der Waals surface area contributed by atoms with Gasteiger partial charge in [0.25, 0.3) is 0 Å². The first kappa shape index (κ1) is 15.5. The Bertz CT molecular complexity index is 491. The van der Waals surface area contributed by atoms with Gasteiger partial charge in [0.05, 0.1) is 0 Å². The minimum atomic E-state index is -0.217. The van der Waals surface area contributed by atoms with Gasteiger partial charge in [-0.1, -0.05) is 38.0 Å². The summed E-state index contributed by atoms with van der Waals surface area (Å²) in [5, 5.41) is 2.86. The maximum atomic E-state index is 12.2. The van der Waals surface area contributed by atoms with Crippen molar-refractivity contribution in [3.63, 3.8) is 0 Å². The second-order valence-electron chi connectivity index (χ2n) is 5.53. The van der Waals surface area contributed by atoms with Crippen molar-refractivity contribution in [2.45, 2.75) is 45.4 Å². The number of aryl methyl sites for hydroxylation is 1. The number of para-hydroxylation sites is 1. The third kappa shape index (κ3) is 4.59. The Hall–Kier alpha value is -1.84. The highest BCUT2D eigenvalue weighted by Crippen LogP contribution is 2.16. The van der Waals surface area contributed by atoms with E-state index >= 15 is 0 Å². The molecule has 0 saturated carbocycles. The van der Waals surface area contributed by atoms with E-state index in [4.69, 9.17) is 0 Å². The molecule has 1 heterocycles. The van der Waals surface area contributed by atoms with Crippen molar-refractivity contribution in [2.24, 2.45) is 0 Å². The quantitative estimate of drug-likeness (QED) is 0.866. The van der Waals surface area contributed by atoms with Crippen LogP contribution < -0.4 is 5.32 Å². The van der Waals surface area contributed by atoms with Crippen LogP contribution in [0.25, 0.3) is 0 Å². The van der Waals surface area contributed by atoms with Crippen LogP contribution in [0.1, 0.15) is 44.6 Å². The van der Waals surface area contributed by atoms with E-state index in [0.717, 1.165) is 43.6 Å². The molecule has 1 aromatic rings. The molecule has 0 unspecified atom stereocenters. The van der Waals surface area contributed by atoms with Crippen molar-refractivity contribution in [3.05, 3.63) is 29.8 Å². The normalized spacial score (nSPS) is 15.4. The van der Waals surface area contributed by atoms with Crippen molar-refractivity contribution >= 4 is 17.5 Å². The number of likely N-dealkylation sites (tertiary alicyclic amines) is 1. The Morgan fingerprint density at radius 1 is 1.10 bits per heavy atom. The van der Waals surface area contributed by atoms with Crippen molar-refractivity contribution in [3.8, 4) is 0 Å². The fourth-order valence-electron chi connectivity index (χ4n) is 2.71. The highest BCUT2D eigenvalue weighted by atomic mass is 16.2. The van der Waals surface area contributed by atoms with Crippen LogP contribution in [0.2, 0.25) is 0 Å². The fourth-order valence-corrected chi connectivity index (χ4v) is 2.71. The van der Waals surface area contributed by atoms with Crippen LogP contribution in [0, 0.1) is 0 Å². The molecule has 1 aromatic carbocycles. The molecule has 0 atom stereocenters. The summed E-state index contributed by atoms with van der Waals surface area (Å²) in [6, 6.07) is 7.72. The predicted molar refractivity (Wildman–Crippen MR) is 84.1 cm³/mol. The molecular formula is C17H24N2O2. The first-order valence-electron chi connectivity index (χ1n) is 7.86. The van der Waals surface area contributed by atoms with Crippen LogP contribution in [-0.4, -0.2) is 29.8 Å². The molecule has 2 rings (SSSR count). The van der Waals surface area contributed by atoms with Crippen LogP contribution >= 0.6 is 0 Å². The van der Waals surface area contributed by atoms with E-state index in [1.54, 1.807) is 0 Å². The van der Waals surface area contributed by atoms with Crippen LogP contribution in [0.3, 0.4) is 0 Å². The molecule has 2 amide bonds. The highest BCUT2D eigenvalue weighted by Gasteiger charge is 2.18. The van der Waals surface area contributed by atoms with Gasteiger partial charge in [-0.2, -0.15) is 0 Å². The number of rotatable bonds is 4. The molecule has 0 aliphatic carbocycles. The van der Waals surface area contributed by atoms with Gasteiger partial charge in [-0.25, -0.2) is 0 Å². The SMILES string of the molecule is CCc1ccccc1NC(=O)CC(=O)N1CCCCCC1. The van der Waals surface area contributed by atoms with E-state index in [9.17, 15) is 9.59 Å². The minimum absolute atomic E-state index is 0.0524. The Morgan fingerprint density at radius 2 is 1.76 bits per heavy atom. The van der Waals surface area contributed by atoms with Gasteiger partial charge in [-0.15, -0.1) is 0 Å². The molecule has 1 N–H and O–H groups in total. The zero-order valence-corrected chi connectivity index (χ0v) is 12.7. The number of nitrogens with one attached hydrogen (secondary N) is 1. The maximum Gasteiger partial charge on any atom is 0.233 e. The zero-order chi connectivity index (χ0) is 15.1.